The van der Waals surface area contributed by atoms with Crippen molar-refractivity contribution in [3.05, 3.63) is 72.8 Å². The second-order valence-electron chi connectivity index (χ2n) is 8.64. The first-order valence-corrected chi connectivity index (χ1v) is 11.7. The highest BCUT2D eigenvalue weighted by Crippen LogP contribution is 2.41. The summed E-state index contributed by atoms with van der Waals surface area (Å²) >= 11 is 0. The summed E-state index contributed by atoms with van der Waals surface area (Å²) < 4.78 is 11.8. The van der Waals surface area contributed by atoms with Crippen LogP contribution in [0.15, 0.2) is 77.3 Å². The second kappa shape index (κ2) is 10.0. The van der Waals surface area contributed by atoms with Crippen LogP contribution in [-0.2, 0) is 0 Å². The number of aromatic hydroxyl groups is 2. The molecule has 5 rings (SSSR count). The van der Waals surface area contributed by atoms with Crippen molar-refractivity contribution in [1.82, 2.24) is 10.5 Å². The predicted molar refractivity (Wildman–Crippen MR) is 132 cm³/mol. The first-order chi connectivity index (χ1) is 16.7. The molecular weight excluding hydrogens is 428 g/mol. The minimum atomic E-state index is 0.185. The van der Waals surface area contributed by atoms with E-state index in [1.54, 1.807) is 36.4 Å². The van der Waals surface area contributed by atoms with Crippen LogP contribution in [0.2, 0.25) is 0 Å². The summed E-state index contributed by atoms with van der Waals surface area (Å²) in [4.78, 5) is 0. The molecule has 1 fully saturated rings. The SMILES string of the molecule is Oc1ccc(-c2onc(-c3ccc(OCCC4CCCCN4)cc3)c2-c2ccc(O)cc2)cc1. The Morgan fingerprint density at radius 3 is 2.12 bits per heavy atom. The summed E-state index contributed by atoms with van der Waals surface area (Å²) in [6, 6.07) is 22.2. The zero-order valence-corrected chi connectivity index (χ0v) is 18.9. The Balaban J connectivity index is 1.40. The summed E-state index contributed by atoms with van der Waals surface area (Å²) in [6.45, 7) is 1.79. The zero-order valence-electron chi connectivity index (χ0n) is 18.9. The maximum Gasteiger partial charge on any atom is 0.175 e. The van der Waals surface area contributed by atoms with Gasteiger partial charge in [-0.2, -0.15) is 0 Å². The Morgan fingerprint density at radius 2 is 1.47 bits per heavy atom. The van der Waals surface area contributed by atoms with E-state index in [0.717, 1.165) is 41.0 Å². The van der Waals surface area contributed by atoms with Crippen molar-refractivity contribution in [1.29, 1.82) is 0 Å². The largest absolute Gasteiger partial charge is 0.508 e. The van der Waals surface area contributed by atoms with Crippen LogP contribution in [0.5, 0.6) is 17.2 Å². The van der Waals surface area contributed by atoms with E-state index in [-0.39, 0.29) is 11.5 Å². The van der Waals surface area contributed by atoms with Crippen molar-refractivity contribution >= 4 is 0 Å². The van der Waals surface area contributed by atoms with Crippen LogP contribution < -0.4 is 10.1 Å². The van der Waals surface area contributed by atoms with Crippen LogP contribution in [-0.4, -0.2) is 34.6 Å². The monoisotopic (exact) mass is 456 g/mol. The first-order valence-electron chi connectivity index (χ1n) is 11.7. The number of phenolic OH excluding ortho intramolecular Hbond substituents is 2. The third kappa shape index (κ3) is 4.92. The summed E-state index contributed by atoms with van der Waals surface area (Å²) in [5.41, 5.74) is 4.10. The quantitative estimate of drug-likeness (QED) is 0.316. The van der Waals surface area contributed by atoms with Gasteiger partial charge in [-0.1, -0.05) is 23.7 Å². The summed E-state index contributed by atoms with van der Waals surface area (Å²) in [5, 5.41) is 27.4. The molecule has 1 unspecified atom stereocenters. The first kappa shape index (κ1) is 22.0. The highest BCUT2D eigenvalue weighted by molar-refractivity contribution is 5.90. The Bertz CT molecular complexity index is 1210. The molecule has 174 valence electrons. The third-order valence-corrected chi connectivity index (χ3v) is 6.25. The number of piperidine rings is 1. The van der Waals surface area contributed by atoms with Gasteiger partial charge in [-0.3, -0.25) is 0 Å². The molecule has 0 bridgehead atoms. The van der Waals surface area contributed by atoms with Crippen LogP contribution in [0, 0.1) is 0 Å². The highest BCUT2D eigenvalue weighted by Gasteiger charge is 2.21. The molecule has 4 aromatic rings. The van der Waals surface area contributed by atoms with Crippen LogP contribution in [0.3, 0.4) is 0 Å². The summed E-state index contributed by atoms with van der Waals surface area (Å²) in [5.74, 6) is 1.80. The maximum absolute atomic E-state index is 9.76. The molecule has 0 spiro atoms. The molecule has 0 radical (unpaired) electrons. The summed E-state index contributed by atoms with van der Waals surface area (Å²) in [7, 11) is 0. The molecule has 3 aromatic carbocycles. The van der Waals surface area contributed by atoms with Crippen molar-refractivity contribution in [3.8, 4) is 51.0 Å². The van der Waals surface area contributed by atoms with E-state index in [4.69, 9.17) is 9.26 Å². The van der Waals surface area contributed by atoms with E-state index in [1.807, 2.05) is 36.4 Å². The molecular formula is C28H28N2O4. The van der Waals surface area contributed by atoms with Gasteiger partial charge in [0.15, 0.2) is 5.76 Å². The number of hydrogen-bond acceptors (Lipinski definition) is 6. The fourth-order valence-electron chi connectivity index (χ4n) is 4.39. The van der Waals surface area contributed by atoms with Gasteiger partial charge in [0.25, 0.3) is 0 Å². The lowest BCUT2D eigenvalue weighted by Gasteiger charge is -2.23. The van der Waals surface area contributed by atoms with Crippen LogP contribution in [0.25, 0.3) is 33.7 Å². The number of nitrogens with one attached hydrogen (secondary N) is 1. The van der Waals surface area contributed by atoms with E-state index in [0.29, 0.717) is 24.1 Å². The van der Waals surface area contributed by atoms with Gasteiger partial charge in [-0.15, -0.1) is 0 Å². The second-order valence-corrected chi connectivity index (χ2v) is 8.64. The maximum atomic E-state index is 9.76. The Kier molecular flexibility index (Phi) is 6.49. The number of ether oxygens (including phenoxy) is 1. The molecule has 0 saturated carbocycles. The normalized spacial score (nSPS) is 15.8. The van der Waals surface area contributed by atoms with E-state index in [9.17, 15) is 10.2 Å². The number of hydrogen-bond donors (Lipinski definition) is 3. The van der Waals surface area contributed by atoms with Gasteiger partial charge in [-0.05, 0) is 92.0 Å². The van der Waals surface area contributed by atoms with Gasteiger partial charge in [0.2, 0.25) is 0 Å². The minimum absolute atomic E-state index is 0.185. The Labute approximate surface area is 198 Å². The molecule has 1 atom stereocenters. The van der Waals surface area contributed by atoms with E-state index < -0.39 is 0 Å². The molecule has 1 aromatic heterocycles. The average molecular weight is 457 g/mol. The molecule has 6 heteroatoms. The molecule has 0 amide bonds. The molecule has 1 saturated heterocycles. The van der Waals surface area contributed by atoms with E-state index >= 15 is 0 Å². The lowest BCUT2D eigenvalue weighted by atomic mass is 9.96. The minimum Gasteiger partial charge on any atom is -0.508 e. The number of nitrogens with zero attached hydrogens (tertiary/aromatic N) is 1. The van der Waals surface area contributed by atoms with Crippen molar-refractivity contribution in [2.45, 2.75) is 31.7 Å². The van der Waals surface area contributed by atoms with Gasteiger partial charge in [0.05, 0.1) is 12.2 Å². The Hall–Kier alpha value is -3.77. The average Bonchev–Trinajstić information content (AvgIpc) is 3.31. The fourth-order valence-corrected chi connectivity index (χ4v) is 4.39. The summed E-state index contributed by atoms with van der Waals surface area (Å²) in [6.07, 6.45) is 4.78. The number of benzene rings is 3. The number of aromatic nitrogens is 1. The third-order valence-electron chi connectivity index (χ3n) is 6.25. The topological polar surface area (TPSA) is 87.8 Å². The standard InChI is InChI=1S/C28H28N2O4/c31-23-10-4-19(5-11-23)26-27(30-34-28(26)21-6-12-24(32)13-7-21)20-8-14-25(15-9-20)33-18-16-22-3-1-2-17-29-22/h4-15,22,29,31-32H,1-3,16-18H2. The molecule has 1 aliphatic rings. The van der Waals surface area contributed by atoms with Crippen molar-refractivity contribution in [2.24, 2.45) is 0 Å². The van der Waals surface area contributed by atoms with Gasteiger partial charge < -0.3 is 24.8 Å². The van der Waals surface area contributed by atoms with Gasteiger partial charge in [-0.25, -0.2) is 0 Å². The van der Waals surface area contributed by atoms with E-state index in [1.165, 1.54) is 19.3 Å². The van der Waals surface area contributed by atoms with Gasteiger partial charge in [0.1, 0.15) is 22.9 Å². The smallest absolute Gasteiger partial charge is 0.175 e. The number of rotatable bonds is 7. The van der Waals surface area contributed by atoms with Crippen molar-refractivity contribution < 1.29 is 19.5 Å². The fraction of sp³-hybridized carbons (Fsp3) is 0.250. The molecule has 3 N–H and O–H groups in total. The lowest BCUT2D eigenvalue weighted by molar-refractivity contribution is 0.268. The predicted octanol–water partition coefficient (Wildman–Crippen LogP) is 6.00. The van der Waals surface area contributed by atoms with Crippen molar-refractivity contribution in [2.75, 3.05) is 13.2 Å². The zero-order chi connectivity index (χ0) is 23.3. The van der Waals surface area contributed by atoms with Gasteiger partial charge in [0, 0.05) is 17.2 Å². The van der Waals surface area contributed by atoms with Crippen molar-refractivity contribution in [3.63, 3.8) is 0 Å². The molecule has 2 heterocycles. The Morgan fingerprint density at radius 1 is 0.824 bits per heavy atom. The highest BCUT2D eigenvalue weighted by atomic mass is 16.5. The van der Waals surface area contributed by atoms with Gasteiger partial charge >= 0.3 is 0 Å². The van der Waals surface area contributed by atoms with E-state index in [2.05, 4.69) is 10.5 Å². The van der Waals surface area contributed by atoms with Crippen LogP contribution in [0.4, 0.5) is 0 Å². The van der Waals surface area contributed by atoms with Crippen LogP contribution >= 0.6 is 0 Å². The molecule has 34 heavy (non-hydrogen) atoms. The molecule has 6 nitrogen and oxygen atoms in total. The molecule has 0 aliphatic carbocycles. The number of phenols is 2. The molecule has 1 aliphatic heterocycles. The lowest BCUT2D eigenvalue weighted by Crippen LogP contribution is -2.35. The van der Waals surface area contributed by atoms with Crippen LogP contribution in [0.1, 0.15) is 25.7 Å².